The second-order valence-electron chi connectivity index (χ2n) is 5.02. The molecule has 1 heterocycles. The molecule has 0 aliphatic carbocycles. The highest BCUT2D eigenvalue weighted by Gasteiger charge is 2.23. The van der Waals surface area contributed by atoms with E-state index in [0.717, 1.165) is 43.7 Å². The van der Waals surface area contributed by atoms with E-state index in [0.29, 0.717) is 11.8 Å². The second-order valence-corrected chi connectivity index (χ2v) is 5.29. The van der Waals surface area contributed by atoms with Gasteiger partial charge in [0.15, 0.2) is 0 Å². The number of likely N-dealkylation sites (tertiary alicyclic amines) is 1. The first-order chi connectivity index (χ1) is 9.24. The van der Waals surface area contributed by atoms with Gasteiger partial charge in [-0.1, -0.05) is 12.1 Å². The van der Waals surface area contributed by atoms with E-state index in [1.54, 1.807) is 7.11 Å². The van der Waals surface area contributed by atoms with Crippen LogP contribution in [0.3, 0.4) is 0 Å². The Morgan fingerprint density at radius 3 is 2.47 bits per heavy atom. The zero-order chi connectivity index (χ0) is 13.7. The van der Waals surface area contributed by atoms with Crippen LogP contribution in [0.4, 0.5) is 0 Å². The van der Waals surface area contributed by atoms with Gasteiger partial charge in [-0.2, -0.15) is 0 Å². The predicted octanol–water partition coefficient (Wildman–Crippen LogP) is 2.92. The van der Waals surface area contributed by atoms with Gasteiger partial charge in [-0.15, -0.1) is 11.6 Å². The molecule has 0 unspecified atom stereocenters. The summed E-state index contributed by atoms with van der Waals surface area (Å²) in [6, 6.07) is 7.55. The lowest BCUT2D eigenvalue weighted by molar-refractivity contribution is 0.0613. The number of ether oxygens (including phenoxy) is 1. The Morgan fingerprint density at radius 1 is 1.32 bits per heavy atom. The Kier molecular flexibility index (Phi) is 5.23. The number of halogens is 1. The number of hydrogen-bond donors (Lipinski definition) is 0. The molecule has 4 heteroatoms. The molecule has 3 nitrogen and oxygen atoms in total. The molecular weight excluding hydrogens is 262 g/mol. The number of carbonyl (C=O) groups is 1. The average molecular weight is 282 g/mol. The molecule has 1 fully saturated rings. The summed E-state index contributed by atoms with van der Waals surface area (Å²) in [6.07, 6.45) is 2.05. The number of methoxy groups -OCH3 is 1. The van der Waals surface area contributed by atoms with Gasteiger partial charge >= 0.3 is 0 Å². The lowest BCUT2D eigenvalue weighted by atomic mass is 9.97. The molecule has 0 atom stereocenters. The van der Waals surface area contributed by atoms with Gasteiger partial charge in [-0.25, -0.2) is 0 Å². The minimum atomic E-state index is 0.122. The van der Waals surface area contributed by atoms with E-state index < -0.39 is 0 Å². The number of piperidine rings is 1. The fourth-order valence-electron chi connectivity index (χ4n) is 2.46. The van der Waals surface area contributed by atoms with Gasteiger partial charge in [0.2, 0.25) is 0 Å². The Hall–Kier alpha value is -1.06. The molecule has 0 aromatic heterocycles. The molecular formula is C15H20ClNO2. The van der Waals surface area contributed by atoms with Crippen molar-refractivity contribution in [3.63, 3.8) is 0 Å². The Labute approximate surface area is 119 Å². The molecule has 0 bridgehead atoms. The molecule has 2 rings (SSSR count). The van der Waals surface area contributed by atoms with Crippen molar-refractivity contribution in [3.05, 3.63) is 35.4 Å². The van der Waals surface area contributed by atoms with Crippen LogP contribution in [0.15, 0.2) is 24.3 Å². The SMILES string of the molecule is COCC1CCN(C(=O)c2ccc(CCl)cc2)CC1. The zero-order valence-electron chi connectivity index (χ0n) is 11.3. The van der Waals surface area contributed by atoms with E-state index in [4.69, 9.17) is 16.3 Å². The van der Waals surface area contributed by atoms with E-state index in [9.17, 15) is 4.79 Å². The first-order valence-corrected chi connectivity index (χ1v) is 7.21. The monoisotopic (exact) mass is 281 g/mol. The summed E-state index contributed by atoms with van der Waals surface area (Å²) < 4.78 is 5.17. The quantitative estimate of drug-likeness (QED) is 0.794. The van der Waals surface area contributed by atoms with Crippen molar-refractivity contribution >= 4 is 17.5 Å². The lowest BCUT2D eigenvalue weighted by Crippen LogP contribution is -2.39. The van der Waals surface area contributed by atoms with E-state index in [2.05, 4.69) is 0 Å². The highest BCUT2D eigenvalue weighted by atomic mass is 35.5. The first kappa shape index (κ1) is 14.4. The molecule has 0 spiro atoms. The summed E-state index contributed by atoms with van der Waals surface area (Å²) in [5.41, 5.74) is 1.79. The lowest BCUT2D eigenvalue weighted by Gasteiger charge is -2.31. The molecule has 1 aromatic rings. The summed E-state index contributed by atoms with van der Waals surface area (Å²) in [5.74, 6) is 1.20. The third-order valence-corrected chi connectivity index (χ3v) is 3.97. The third kappa shape index (κ3) is 3.71. The van der Waals surface area contributed by atoms with Gasteiger partial charge < -0.3 is 9.64 Å². The van der Waals surface area contributed by atoms with Crippen LogP contribution in [-0.4, -0.2) is 37.6 Å². The van der Waals surface area contributed by atoms with Crippen molar-refractivity contribution in [3.8, 4) is 0 Å². The largest absolute Gasteiger partial charge is 0.384 e. The summed E-state index contributed by atoms with van der Waals surface area (Å²) >= 11 is 5.75. The van der Waals surface area contributed by atoms with Crippen molar-refractivity contribution < 1.29 is 9.53 Å². The number of benzene rings is 1. The van der Waals surface area contributed by atoms with Gasteiger partial charge in [0.25, 0.3) is 5.91 Å². The van der Waals surface area contributed by atoms with Crippen LogP contribution < -0.4 is 0 Å². The fourth-order valence-corrected chi connectivity index (χ4v) is 2.64. The summed E-state index contributed by atoms with van der Waals surface area (Å²) in [5, 5.41) is 0. The molecule has 1 amide bonds. The Bertz CT molecular complexity index is 411. The molecule has 19 heavy (non-hydrogen) atoms. The Balaban J connectivity index is 1.93. The van der Waals surface area contributed by atoms with Crippen LogP contribution in [0.2, 0.25) is 0 Å². The second kappa shape index (κ2) is 6.92. The van der Waals surface area contributed by atoms with Crippen LogP contribution in [0.1, 0.15) is 28.8 Å². The molecule has 1 saturated heterocycles. The predicted molar refractivity (Wildman–Crippen MR) is 76.5 cm³/mol. The highest BCUT2D eigenvalue weighted by Crippen LogP contribution is 2.19. The topological polar surface area (TPSA) is 29.5 Å². The van der Waals surface area contributed by atoms with Gasteiger partial charge in [0.1, 0.15) is 0 Å². The normalized spacial score (nSPS) is 16.6. The minimum Gasteiger partial charge on any atom is -0.384 e. The van der Waals surface area contributed by atoms with Crippen molar-refractivity contribution in [2.75, 3.05) is 26.8 Å². The maximum absolute atomic E-state index is 12.3. The fraction of sp³-hybridized carbons (Fsp3) is 0.533. The summed E-state index contributed by atoms with van der Waals surface area (Å²) in [6.45, 7) is 2.45. The van der Waals surface area contributed by atoms with E-state index in [1.165, 1.54) is 0 Å². The number of amides is 1. The number of nitrogens with zero attached hydrogens (tertiary/aromatic N) is 1. The first-order valence-electron chi connectivity index (χ1n) is 6.67. The number of alkyl halides is 1. The van der Waals surface area contributed by atoms with Crippen molar-refractivity contribution in [2.24, 2.45) is 5.92 Å². The maximum Gasteiger partial charge on any atom is 0.253 e. The van der Waals surface area contributed by atoms with Crippen LogP contribution in [0.5, 0.6) is 0 Å². The van der Waals surface area contributed by atoms with Gasteiger partial charge in [-0.3, -0.25) is 4.79 Å². The van der Waals surface area contributed by atoms with Gasteiger partial charge in [-0.05, 0) is 36.5 Å². The number of hydrogen-bond acceptors (Lipinski definition) is 2. The minimum absolute atomic E-state index is 0.122. The molecule has 0 radical (unpaired) electrons. The van der Waals surface area contributed by atoms with Gasteiger partial charge in [0.05, 0.1) is 0 Å². The molecule has 0 saturated carbocycles. The van der Waals surface area contributed by atoms with Crippen molar-refractivity contribution in [1.82, 2.24) is 4.90 Å². The maximum atomic E-state index is 12.3. The molecule has 104 valence electrons. The highest BCUT2D eigenvalue weighted by molar-refractivity contribution is 6.17. The van der Waals surface area contributed by atoms with Crippen LogP contribution in [0, 0.1) is 5.92 Å². The molecule has 1 aliphatic heterocycles. The molecule has 1 aromatic carbocycles. The van der Waals surface area contributed by atoms with Crippen LogP contribution >= 0.6 is 11.6 Å². The molecule has 0 N–H and O–H groups in total. The van der Waals surface area contributed by atoms with Crippen LogP contribution in [-0.2, 0) is 10.6 Å². The van der Waals surface area contributed by atoms with Crippen molar-refractivity contribution in [2.45, 2.75) is 18.7 Å². The Morgan fingerprint density at radius 2 is 1.95 bits per heavy atom. The molecule has 1 aliphatic rings. The number of carbonyl (C=O) groups excluding carboxylic acids is 1. The van der Waals surface area contributed by atoms with Gasteiger partial charge in [0, 0.05) is 38.2 Å². The smallest absolute Gasteiger partial charge is 0.253 e. The summed E-state index contributed by atoms with van der Waals surface area (Å²) in [7, 11) is 1.73. The van der Waals surface area contributed by atoms with E-state index in [1.807, 2.05) is 29.2 Å². The third-order valence-electron chi connectivity index (χ3n) is 3.66. The summed E-state index contributed by atoms with van der Waals surface area (Å²) in [4.78, 5) is 14.3. The van der Waals surface area contributed by atoms with E-state index in [-0.39, 0.29) is 5.91 Å². The average Bonchev–Trinajstić information content (AvgIpc) is 2.48. The zero-order valence-corrected chi connectivity index (χ0v) is 12.0. The standard InChI is InChI=1S/C15H20ClNO2/c1-19-11-13-6-8-17(9-7-13)15(18)14-4-2-12(10-16)3-5-14/h2-5,13H,6-11H2,1H3. The van der Waals surface area contributed by atoms with Crippen molar-refractivity contribution in [1.29, 1.82) is 0 Å². The number of rotatable bonds is 4. The van der Waals surface area contributed by atoms with Crippen LogP contribution in [0.25, 0.3) is 0 Å². The van der Waals surface area contributed by atoms with E-state index >= 15 is 0 Å².